The molecule has 5 aromatic rings. The number of rotatable bonds is 6. The first-order valence-corrected chi connectivity index (χ1v) is 12.5. The van der Waals surface area contributed by atoms with Crippen molar-refractivity contribution in [2.45, 2.75) is 20.8 Å². The summed E-state index contributed by atoms with van der Waals surface area (Å²) in [7, 11) is 0. The van der Waals surface area contributed by atoms with Gasteiger partial charge in [0.1, 0.15) is 0 Å². The van der Waals surface area contributed by atoms with Gasteiger partial charge in [0, 0.05) is 33.5 Å². The normalized spacial score (nSPS) is 10.8. The van der Waals surface area contributed by atoms with Crippen molar-refractivity contribution in [2.24, 2.45) is 0 Å². The molecular formula is C33H29ClN2. The molecule has 3 heteroatoms. The van der Waals surface area contributed by atoms with Crippen LogP contribution >= 0.6 is 11.6 Å². The fourth-order valence-electron chi connectivity index (χ4n) is 4.43. The molecule has 0 heterocycles. The Kier molecular flexibility index (Phi) is 6.79. The summed E-state index contributed by atoms with van der Waals surface area (Å²) in [5, 5.41) is 0.726. The lowest BCUT2D eigenvalue weighted by Gasteiger charge is -2.31. The predicted molar refractivity (Wildman–Crippen MR) is 155 cm³/mol. The zero-order chi connectivity index (χ0) is 25.1. The van der Waals surface area contributed by atoms with Gasteiger partial charge in [-0.3, -0.25) is 0 Å². The average molecular weight is 489 g/mol. The molecule has 0 fully saturated rings. The van der Waals surface area contributed by atoms with Crippen LogP contribution in [0.15, 0.2) is 121 Å². The fourth-order valence-corrected chi connectivity index (χ4v) is 4.64. The number of anilines is 6. The van der Waals surface area contributed by atoms with Gasteiger partial charge in [-0.05, 0) is 87.0 Å². The number of hydrogen-bond acceptors (Lipinski definition) is 2. The maximum atomic E-state index is 6.95. The third-order valence-corrected chi connectivity index (χ3v) is 6.81. The van der Waals surface area contributed by atoms with E-state index in [0.29, 0.717) is 0 Å². The van der Waals surface area contributed by atoms with Crippen molar-refractivity contribution >= 4 is 45.7 Å². The Morgan fingerprint density at radius 1 is 0.444 bits per heavy atom. The first-order chi connectivity index (χ1) is 17.5. The van der Waals surface area contributed by atoms with Crippen LogP contribution in [0, 0.1) is 20.8 Å². The molecule has 0 aliphatic rings. The molecule has 36 heavy (non-hydrogen) atoms. The van der Waals surface area contributed by atoms with Crippen LogP contribution in [-0.2, 0) is 0 Å². The van der Waals surface area contributed by atoms with Gasteiger partial charge in [0.15, 0.2) is 0 Å². The summed E-state index contributed by atoms with van der Waals surface area (Å²) in [5.74, 6) is 0. The van der Waals surface area contributed by atoms with Gasteiger partial charge in [0.2, 0.25) is 0 Å². The Bertz CT molecular complexity index is 1360. The van der Waals surface area contributed by atoms with Crippen LogP contribution in [0.4, 0.5) is 34.1 Å². The van der Waals surface area contributed by atoms with E-state index in [0.717, 1.165) is 44.7 Å². The maximum absolute atomic E-state index is 6.95. The molecule has 0 aliphatic carbocycles. The van der Waals surface area contributed by atoms with E-state index in [4.69, 9.17) is 11.6 Å². The summed E-state index contributed by atoms with van der Waals surface area (Å²) < 4.78 is 0. The van der Waals surface area contributed by atoms with E-state index >= 15 is 0 Å². The molecule has 0 radical (unpaired) electrons. The van der Waals surface area contributed by atoms with Gasteiger partial charge < -0.3 is 9.80 Å². The van der Waals surface area contributed by atoms with Gasteiger partial charge in [-0.1, -0.05) is 83.4 Å². The standard InChI is InChI=1S/C33H29ClN2/c1-24-14-18-29(19-15-24)36(30-20-16-25(2)17-21-30)33-23-31(22-32(34)26(33)3)35(27-10-6-4-7-11-27)28-12-8-5-9-13-28/h4-23H,1-3H3. The van der Waals surface area contributed by atoms with E-state index < -0.39 is 0 Å². The predicted octanol–water partition coefficient (Wildman–Crippen LogP) is 10.2. The molecule has 5 rings (SSSR count). The van der Waals surface area contributed by atoms with Crippen molar-refractivity contribution in [1.29, 1.82) is 0 Å². The second-order valence-electron chi connectivity index (χ2n) is 9.08. The molecule has 0 amide bonds. The third kappa shape index (κ3) is 4.86. The van der Waals surface area contributed by atoms with Crippen LogP contribution in [0.5, 0.6) is 0 Å². The molecule has 0 spiro atoms. The summed E-state index contributed by atoms with van der Waals surface area (Å²) in [5.41, 5.74) is 9.86. The highest BCUT2D eigenvalue weighted by Gasteiger charge is 2.20. The van der Waals surface area contributed by atoms with Crippen LogP contribution in [0.2, 0.25) is 5.02 Å². The minimum atomic E-state index is 0.726. The molecule has 0 saturated heterocycles. The summed E-state index contributed by atoms with van der Waals surface area (Å²) in [4.78, 5) is 4.54. The number of aryl methyl sites for hydroxylation is 2. The number of para-hydroxylation sites is 2. The first kappa shape index (κ1) is 23.7. The minimum Gasteiger partial charge on any atom is -0.310 e. The van der Waals surface area contributed by atoms with Crippen molar-refractivity contribution in [3.63, 3.8) is 0 Å². The molecule has 5 aromatic carbocycles. The third-order valence-electron chi connectivity index (χ3n) is 6.41. The number of halogens is 1. The molecule has 178 valence electrons. The van der Waals surface area contributed by atoms with Gasteiger partial charge in [-0.15, -0.1) is 0 Å². The monoisotopic (exact) mass is 488 g/mol. The molecule has 0 unspecified atom stereocenters. The number of hydrogen-bond donors (Lipinski definition) is 0. The van der Waals surface area contributed by atoms with Crippen LogP contribution in [0.25, 0.3) is 0 Å². The van der Waals surface area contributed by atoms with E-state index in [9.17, 15) is 0 Å². The second kappa shape index (κ2) is 10.3. The quantitative estimate of drug-likeness (QED) is 0.234. The first-order valence-electron chi connectivity index (χ1n) is 12.1. The van der Waals surface area contributed by atoms with Gasteiger partial charge >= 0.3 is 0 Å². The molecule has 0 saturated carbocycles. The fraction of sp³-hybridized carbons (Fsp3) is 0.0909. The zero-order valence-corrected chi connectivity index (χ0v) is 21.6. The minimum absolute atomic E-state index is 0.726. The number of nitrogens with zero attached hydrogens (tertiary/aromatic N) is 2. The number of benzene rings is 5. The molecule has 0 aromatic heterocycles. The Morgan fingerprint density at radius 3 is 1.31 bits per heavy atom. The van der Waals surface area contributed by atoms with Crippen molar-refractivity contribution in [3.05, 3.63) is 143 Å². The Morgan fingerprint density at radius 2 is 0.861 bits per heavy atom. The van der Waals surface area contributed by atoms with Crippen LogP contribution in [0.1, 0.15) is 16.7 Å². The van der Waals surface area contributed by atoms with Crippen molar-refractivity contribution in [1.82, 2.24) is 0 Å². The smallest absolute Gasteiger partial charge is 0.0526 e. The lowest BCUT2D eigenvalue weighted by Crippen LogP contribution is -2.14. The van der Waals surface area contributed by atoms with E-state index in [1.165, 1.54) is 11.1 Å². The summed E-state index contributed by atoms with van der Waals surface area (Å²) in [6.45, 7) is 6.31. The van der Waals surface area contributed by atoms with Crippen molar-refractivity contribution in [2.75, 3.05) is 9.80 Å². The zero-order valence-electron chi connectivity index (χ0n) is 20.8. The van der Waals surface area contributed by atoms with E-state index in [2.05, 4.69) is 140 Å². The summed E-state index contributed by atoms with van der Waals surface area (Å²) in [6.07, 6.45) is 0. The molecule has 0 atom stereocenters. The maximum Gasteiger partial charge on any atom is 0.0526 e. The molecular weight excluding hydrogens is 460 g/mol. The van der Waals surface area contributed by atoms with Gasteiger partial charge in [0.25, 0.3) is 0 Å². The van der Waals surface area contributed by atoms with Crippen molar-refractivity contribution in [3.8, 4) is 0 Å². The van der Waals surface area contributed by atoms with Crippen molar-refractivity contribution < 1.29 is 0 Å². The van der Waals surface area contributed by atoms with E-state index in [1.54, 1.807) is 0 Å². The average Bonchev–Trinajstić information content (AvgIpc) is 2.90. The van der Waals surface area contributed by atoms with Gasteiger partial charge in [-0.2, -0.15) is 0 Å². The van der Waals surface area contributed by atoms with E-state index in [-0.39, 0.29) is 0 Å². The highest BCUT2D eigenvalue weighted by Crippen LogP contribution is 2.44. The molecule has 2 nitrogen and oxygen atoms in total. The lowest BCUT2D eigenvalue weighted by molar-refractivity contribution is 1.22. The van der Waals surface area contributed by atoms with Crippen LogP contribution in [0.3, 0.4) is 0 Å². The Balaban J connectivity index is 1.73. The largest absolute Gasteiger partial charge is 0.310 e. The van der Waals surface area contributed by atoms with Crippen LogP contribution in [-0.4, -0.2) is 0 Å². The Hall–Kier alpha value is -4.01. The molecule has 0 N–H and O–H groups in total. The topological polar surface area (TPSA) is 6.48 Å². The molecule has 0 bridgehead atoms. The molecule has 0 aliphatic heterocycles. The summed E-state index contributed by atoms with van der Waals surface area (Å²) >= 11 is 6.95. The Labute approximate surface area is 219 Å². The highest BCUT2D eigenvalue weighted by atomic mass is 35.5. The summed E-state index contributed by atoms with van der Waals surface area (Å²) in [6, 6.07) is 42.4. The highest BCUT2D eigenvalue weighted by molar-refractivity contribution is 6.32. The van der Waals surface area contributed by atoms with E-state index in [1.807, 2.05) is 12.1 Å². The van der Waals surface area contributed by atoms with Gasteiger partial charge in [0.05, 0.1) is 5.69 Å². The van der Waals surface area contributed by atoms with Crippen LogP contribution < -0.4 is 9.80 Å². The lowest BCUT2D eigenvalue weighted by atomic mass is 10.1. The second-order valence-corrected chi connectivity index (χ2v) is 9.49. The SMILES string of the molecule is Cc1ccc(N(c2ccc(C)cc2)c2cc(N(c3ccccc3)c3ccccc3)cc(Cl)c2C)cc1. The van der Waals surface area contributed by atoms with Gasteiger partial charge in [-0.25, -0.2) is 0 Å².